The number of piperazine rings is 1. The molecule has 1 fully saturated rings. The maximum Gasteiger partial charge on any atom is 0.353 e. The Kier molecular flexibility index (Phi) is 15.1. The number of unbranched alkanes of at least 4 members (excludes halogenated alkanes) is 13. The van der Waals surface area contributed by atoms with E-state index in [1.165, 1.54) is 94.5 Å². The number of anilines is 2. The first-order valence-corrected chi connectivity index (χ1v) is 17.5. The lowest BCUT2D eigenvalue weighted by Crippen LogP contribution is -2.48. The maximum absolute atomic E-state index is 12.2. The smallest absolute Gasteiger partial charge is 0.353 e. The summed E-state index contributed by atoms with van der Waals surface area (Å²) in [5.41, 5.74) is 2.49. The highest BCUT2D eigenvalue weighted by Crippen LogP contribution is 2.34. The van der Waals surface area contributed by atoms with E-state index in [4.69, 9.17) is 0 Å². The van der Waals surface area contributed by atoms with E-state index in [-0.39, 0.29) is 16.7 Å². The molecule has 0 atom stereocenters. The van der Waals surface area contributed by atoms with Crippen molar-refractivity contribution in [2.24, 2.45) is 0 Å². The molecule has 8 nitrogen and oxygen atoms in total. The van der Waals surface area contributed by atoms with Crippen LogP contribution in [0.15, 0.2) is 67.0 Å². The van der Waals surface area contributed by atoms with Gasteiger partial charge >= 0.3 is 5.69 Å². The highest BCUT2D eigenvalue weighted by molar-refractivity contribution is 5.70. The van der Waals surface area contributed by atoms with Crippen molar-refractivity contribution in [3.8, 4) is 0 Å². The van der Waals surface area contributed by atoms with Gasteiger partial charge in [0.1, 0.15) is 6.33 Å². The molecule has 0 bridgehead atoms. The summed E-state index contributed by atoms with van der Waals surface area (Å²) in [7, 11) is 0. The van der Waals surface area contributed by atoms with Gasteiger partial charge in [0.05, 0.1) is 11.0 Å². The van der Waals surface area contributed by atoms with Crippen molar-refractivity contribution in [1.82, 2.24) is 14.9 Å². The van der Waals surface area contributed by atoms with Gasteiger partial charge in [0.2, 0.25) is 11.6 Å². The van der Waals surface area contributed by atoms with E-state index in [0.29, 0.717) is 31.3 Å². The second-order valence-corrected chi connectivity index (χ2v) is 12.4. The van der Waals surface area contributed by atoms with Gasteiger partial charge in [-0.25, -0.2) is 9.97 Å². The molecular formula is C37H54N6O2. The van der Waals surface area contributed by atoms with Crippen LogP contribution in [0.4, 0.5) is 17.3 Å². The molecule has 2 heterocycles. The third-order valence-corrected chi connectivity index (χ3v) is 9.02. The van der Waals surface area contributed by atoms with Crippen LogP contribution in [0.25, 0.3) is 0 Å². The van der Waals surface area contributed by atoms with Gasteiger partial charge in [0.15, 0.2) is 0 Å². The molecule has 45 heavy (non-hydrogen) atoms. The fourth-order valence-electron chi connectivity index (χ4n) is 6.50. The zero-order chi connectivity index (χ0) is 31.5. The lowest BCUT2D eigenvalue weighted by molar-refractivity contribution is -0.383. The molecule has 1 aromatic heterocycles. The highest BCUT2D eigenvalue weighted by Gasteiger charge is 2.31. The van der Waals surface area contributed by atoms with Crippen molar-refractivity contribution in [2.45, 2.75) is 103 Å². The molecule has 0 radical (unpaired) electrons. The Balaban J connectivity index is 1.21. The van der Waals surface area contributed by atoms with Crippen LogP contribution in [0, 0.1) is 10.1 Å². The molecule has 8 heteroatoms. The zero-order valence-electron chi connectivity index (χ0n) is 27.4. The van der Waals surface area contributed by atoms with Crippen molar-refractivity contribution < 1.29 is 4.92 Å². The Morgan fingerprint density at radius 2 is 1.20 bits per heavy atom. The van der Waals surface area contributed by atoms with Gasteiger partial charge in [0.25, 0.3) is 0 Å². The first-order valence-electron chi connectivity index (χ1n) is 17.5. The van der Waals surface area contributed by atoms with Crippen molar-refractivity contribution >= 4 is 17.3 Å². The van der Waals surface area contributed by atoms with E-state index in [2.05, 4.69) is 75.6 Å². The highest BCUT2D eigenvalue weighted by atomic mass is 16.6. The molecule has 0 unspecified atom stereocenters. The van der Waals surface area contributed by atoms with E-state index >= 15 is 0 Å². The number of nitro groups is 1. The second-order valence-electron chi connectivity index (χ2n) is 12.4. The molecule has 1 N–H and O–H groups in total. The number of hydrogen-bond acceptors (Lipinski definition) is 7. The Labute approximate surface area is 270 Å². The molecule has 244 valence electrons. The average Bonchev–Trinajstić information content (AvgIpc) is 3.08. The van der Waals surface area contributed by atoms with Crippen molar-refractivity contribution in [3.05, 3.63) is 88.2 Å². The standard InChI is InChI=1S/C37H54N6O2/c1-2-3-4-5-6-7-8-9-10-11-12-13-14-21-26-38-36-35(43(44)45)37(40-31-39-36)42-29-27-41(28-30-42)34(32-22-17-15-18-23-32)33-24-19-16-20-25-33/h15-20,22-25,31,34H,2-14,21,26-30H2,1H3,(H,38,39,40). The molecule has 0 amide bonds. The van der Waals surface area contributed by atoms with Gasteiger partial charge < -0.3 is 10.2 Å². The van der Waals surface area contributed by atoms with Gasteiger partial charge in [-0.05, 0) is 17.5 Å². The van der Waals surface area contributed by atoms with Gasteiger partial charge in [0, 0.05) is 32.7 Å². The van der Waals surface area contributed by atoms with Crippen LogP contribution in [-0.4, -0.2) is 52.5 Å². The zero-order valence-corrected chi connectivity index (χ0v) is 27.4. The Morgan fingerprint density at radius 1 is 0.711 bits per heavy atom. The summed E-state index contributed by atoms with van der Waals surface area (Å²) < 4.78 is 0. The van der Waals surface area contributed by atoms with E-state index < -0.39 is 0 Å². The third kappa shape index (κ3) is 11.1. The van der Waals surface area contributed by atoms with Crippen molar-refractivity contribution in [3.63, 3.8) is 0 Å². The Hall–Kier alpha value is -3.52. The number of benzene rings is 2. The fourth-order valence-corrected chi connectivity index (χ4v) is 6.50. The number of aromatic nitrogens is 2. The molecule has 4 rings (SSSR count). The average molecular weight is 615 g/mol. The van der Waals surface area contributed by atoms with E-state index in [9.17, 15) is 10.1 Å². The van der Waals surface area contributed by atoms with Gasteiger partial charge in [-0.2, -0.15) is 0 Å². The van der Waals surface area contributed by atoms with Crippen LogP contribution < -0.4 is 10.2 Å². The maximum atomic E-state index is 12.2. The van der Waals surface area contributed by atoms with Gasteiger partial charge in [-0.3, -0.25) is 15.0 Å². The van der Waals surface area contributed by atoms with Gasteiger partial charge in [-0.15, -0.1) is 0 Å². The Morgan fingerprint density at radius 3 is 1.69 bits per heavy atom. The minimum Gasteiger partial charge on any atom is -0.364 e. The number of rotatable bonds is 21. The van der Waals surface area contributed by atoms with Crippen LogP contribution in [0.5, 0.6) is 0 Å². The predicted molar refractivity (Wildman–Crippen MR) is 186 cm³/mol. The van der Waals surface area contributed by atoms with Crippen molar-refractivity contribution in [2.75, 3.05) is 42.9 Å². The molecule has 0 spiro atoms. The number of nitrogens with one attached hydrogen (secondary N) is 1. The first-order chi connectivity index (χ1) is 22.2. The summed E-state index contributed by atoms with van der Waals surface area (Å²) in [6, 6.07) is 21.3. The molecule has 1 saturated heterocycles. The summed E-state index contributed by atoms with van der Waals surface area (Å²) in [6.45, 7) is 5.82. The molecule has 1 aliphatic rings. The SMILES string of the molecule is CCCCCCCCCCCCCCCCNc1ncnc(N2CCN(C(c3ccccc3)c3ccccc3)CC2)c1[N+](=O)[O-]. The molecular weight excluding hydrogens is 560 g/mol. The van der Waals surface area contributed by atoms with Crippen LogP contribution in [0.3, 0.4) is 0 Å². The first kappa shape index (κ1) is 34.4. The molecule has 1 aliphatic heterocycles. The molecule has 0 aliphatic carbocycles. The quantitative estimate of drug-likeness (QED) is 0.0727. The lowest BCUT2D eigenvalue weighted by Gasteiger charge is -2.40. The molecule has 3 aromatic rings. The van der Waals surface area contributed by atoms with Crippen LogP contribution in [-0.2, 0) is 0 Å². The minimum absolute atomic E-state index is 0.0148. The minimum atomic E-state index is -0.327. The molecule has 0 saturated carbocycles. The van der Waals surface area contributed by atoms with Crippen LogP contribution >= 0.6 is 0 Å². The number of nitrogens with zero attached hydrogens (tertiary/aromatic N) is 5. The van der Waals surface area contributed by atoms with Crippen LogP contribution in [0.1, 0.15) is 114 Å². The van der Waals surface area contributed by atoms with Crippen molar-refractivity contribution in [1.29, 1.82) is 0 Å². The summed E-state index contributed by atoms with van der Waals surface area (Å²) in [4.78, 5) is 25.1. The van der Waals surface area contributed by atoms with E-state index in [1.54, 1.807) is 0 Å². The normalized spacial score (nSPS) is 13.8. The summed E-state index contributed by atoms with van der Waals surface area (Å²) in [6.07, 6.45) is 19.8. The predicted octanol–water partition coefficient (Wildman–Crippen LogP) is 9.19. The summed E-state index contributed by atoms with van der Waals surface area (Å²) >= 11 is 0. The van der Waals surface area contributed by atoms with E-state index in [0.717, 1.165) is 25.9 Å². The Bertz CT molecular complexity index is 1190. The molecule has 2 aromatic carbocycles. The lowest BCUT2D eigenvalue weighted by atomic mass is 9.96. The summed E-state index contributed by atoms with van der Waals surface area (Å²) in [5, 5.41) is 15.5. The summed E-state index contributed by atoms with van der Waals surface area (Å²) in [5.74, 6) is 0.739. The largest absolute Gasteiger partial charge is 0.364 e. The topological polar surface area (TPSA) is 87.4 Å². The van der Waals surface area contributed by atoms with Crippen LogP contribution in [0.2, 0.25) is 0 Å². The van der Waals surface area contributed by atoms with E-state index in [1.807, 2.05) is 17.0 Å². The van der Waals surface area contributed by atoms with Gasteiger partial charge in [-0.1, -0.05) is 151 Å². The second kappa shape index (κ2) is 19.8. The third-order valence-electron chi connectivity index (χ3n) is 9.02. The fraction of sp³-hybridized carbons (Fsp3) is 0.568. The monoisotopic (exact) mass is 614 g/mol. The number of hydrogen-bond donors (Lipinski definition) is 1.